The van der Waals surface area contributed by atoms with Gasteiger partial charge in [0.15, 0.2) is 11.5 Å². The first-order chi connectivity index (χ1) is 16.4. The number of sulfone groups is 1. The molecule has 0 saturated heterocycles. The summed E-state index contributed by atoms with van der Waals surface area (Å²) in [6, 6.07) is 18.9. The molecular formula is C24H19BrN2O6S. The summed E-state index contributed by atoms with van der Waals surface area (Å²) in [5.41, 5.74) is 1.47. The Kier molecular flexibility index (Phi) is 5.93. The molecule has 0 amide bonds. The molecule has 0 spiro atoms. The van der Waals surface area contributed by atoms with Crippen LogP contribution in [0.2, 0.25) is 0 Å². The molecule has 0 saturated carbocycles. The molecule has 3 aromatic carbocycles. The molecule has 5 rings (SSSR count). The minimum Gasteiger partial charge on any atom is -0.497 e. The van der Waals surface area contributed by atoms with Gasteiger partial charge in [-0.25, -0.2) is 8.42 Å². The lowest BCUT2D eigenvalue weighted by molar-refractivity contribution is 0.174. The van der Waals surface area contributed by atoms with E-state index in [1.807, 2.05) is 18.2 Å². The number of benzene rings is 3. The van der Waals surface area contributed by atoms with Crippen molar-refractivity contribution in [3.63, 3.8) is 0 Å². The number of ether oxygens (including phenoxy) is 3. The summed E-state index contributed by atoms with van der Waals surface area (Å²) in [4.78, 5) is 4.47. The molecule has 4 aromatic rings. The smallest absolute Gasteiger partial charge is 0.234 e. The molecule has 10 heteroatoms. The topological polar surface area (TPSA) is 99.9 Å². The van der Waals surface area contributed by atoms with Crippen LogP contribution in [-0.4, -0.2) is 27.3 Å². The number of nitrogens with zero attached hydrogens (tertiary/aromatic N) is 1. The third-order valence-electron chi connectivity index (χ3n) is 5.20. The minimum atomic E-state index is -3.96. The molecule has 1 N–H and O–H groups in total. The van der Waals surface area contributed by atoms with E-state index in [-0.39, 0.29) is 35.0 Å². The lowest BCUT2D eigenvalue weighted by atomic mass is 10.2. The van der Waals surface area contributed by atoms with Gasteiger partial charge in [-0.2, -0.15) is 4.98 Å². The highest BCUT2D eigenvalue weighted by Crippen LogP contribution is 2.35. The molecule has 34 heavy (non-hydrogen) atoms. The van der Waals surface area contributed by atoms with Gasteiger partial charge >= 0.3 is 0 Å². The summed E-state index contributed by atoms with van der Waals surface area (Å²) in [7, 11) is -2.39. The van der Waals surface area contributed by atoms with Gasteiger partial charge in [0.25, 0.3) is 0 Å². The van der Waals surface area contributed by atoms with Crippen molar-refractivity contribution >= 4 is 31.7 Å². The van der Waals surface area contributed by atoms with Crippen LogP contribution in [0.1, 0.15) is 5.56 Å². The van der Waals surface area contributed by atoms with Crippen LogP contribution in [-0.2, 0) is 16.4 Å². The van der Waals surface area contributed by atoms with Crippen LogP contribution in [0.25, 0.3) is 11.5 Å². The van der Waals surface area contributed by atoms with Crippen LogP contribution in [0.4, 0.5) is 5.88 Å². The second kappa shape index (κ2) is 9.03. The van der Waals surface area contributed by atoms with Gasteiger partial charge < -0.3 is 23.9 Å². The summed E-state index contributed by atoms with van der Waals surface area (Å²) in [5, 5.41) is 2.89. The summed E-state index contributed by atoms with van der Waals surface area (Å²) in [5.74, 6) is 2.19. The van der Waals surface area contributed by atoms with Gasteiger partial charge in [0.2, 0.25) is 33.4 Å². The van der Waals surface area contributed by atoms with E-state index in [4.69, 9.17) is 18.6 Å². The van der Waals surface area contributed by atoms with E-state index in [1.165, 1.54) is 12.1 Å². The Bertz CT molecular complexity index is 1430. The van der Waals surface area contributed by atoms with Crippen molar-refractivity contribution in [2.75, 3.05) is 19.2 Å². The lowest BCUT2D eigenvalue weighted by Gasteiger charge is -2.07. The fourth-order valence-corrected chi connectivity index (χ4v) is 4.96. The number of hydrogen-bond donors (Lipinski definition) is 1. The van der Waals surface area contributed by atoms with Crippen molar-refractivity contribution < 1.29 is 27.0 Å². The Morgan fingerprint density at radius 1 is 1.00 bits per heavy atom. The van der Waals surface area contributed by atoms with Crippen molar-refractivity contribution in [1.29, 1.82) is 0 Å². The normalized spacial score (nSPS) is 12.5. The lowest BCUT2D eigenvalue weighted by Crippen LogP contribution is -2.07. The fraction of sp³-hybridized carbons (Fsp3) is 0.125. The van der Waals surface area contributed by atoms with Gasteiger partial charge in [-0.1, -0.05) is 22.0 Å². The minimum absolute atomic E-state index is 0.0476. The SMILES string of the molecule is COc1ccc(-c2nc(S(=O)(=O)c3ccc(Br)cc3)c(NCc3ccc4c(c3)OCO4)o2)cc1. The highest BCUT2D eigenvalue weighted by Gasteiger charge is 2.28. The molecule has 1 aliphatic heterocycles. The summed E-state index contributed by atoms with van der Waals surface area (Å²) in [6.07, 6.45) is 0. The van der Waals surface area contributed by atoms with Crippen LogP contribution >= 0.6 is 15.9 Å². The first kappa shape index (κ1) is 22.3. The van der Waals surface area contributed by atoms with E-state index in [0.717, 1.165) is 10.0 Å². The molecule has 2 heterocycles. The zero-order chi connectivity index (χ0) is 23.7. The van der Waals surface area contributed by atoms with Gasteiger partial charge in [0.05, 0.1) is 12.0 Å². The number of hydrogen-bond acceptors (Lipinski definition) is 8. The zero-order valence-corrected chi connectivity index (χ0v) is 20.4. The number of oxazole rings is 1. The Balaban J connectivity index is 1.51. The fourth-order valence-electron chi connectivity index (χ4n) is 3.42. The number of anilines is 1. The third-order valence-corrected chi connectivity index (χ3v) is 7.41. The Morgan fingerprint density at radius 2 is 1.74 bits per heavy atom. The standard InChI is InChI=1S/C24H19BrN2O6S/c1-30-18-7-3-16(4-8-18)22-27-24(34(28,29)19-9-5-17(25)6-10-19)23(33-22)26-13-15-2-11-20-21(12-15)32-14-31-20/h2-12,26H,13-14H2,1H3. The number of nitrogens with one attached hydrogen (secondary N) is 1. The number of halogens is 1. The summed E-state index contributed by atoms with van der Waals surface area (Å²) >= 11 is 3.33. The largest absolute Gasteiger partial charge is 0.497 e. The Hall–Kier alpha value is -3.50. The van der Waals surface area contributed by atoms with Crippen molar-refractivity contribution in [3.8, 4) is 28.7 Å². The monoisotopic (exact) mass is 542 g/mol. The van der Waals surface area contributed by atoms with E-state index >= 15 is 0 Å². The molecule has 174 valence electrons. The van der Waals surface area contributed by atoms with Crippen molar-refractivity contribution in [1.82, 2.24) is 4.98 Å². The van der Waals surface area contributed by atoms with Crippen LogP contribution in [0.15, 0.2) is 85.5 Å². The molecule has 8 nitrogen and oxygen atoms in total. The van der Waals surface area contributed by atoms with Crippen LogP contribution in [0.5, 0.6) is 17.2 Å². The van der Waals surface area contributed by atoms with E-state index in [1.54, 1.807) is 43.5 Å². The summed E-state index contributed by atoms with van der Waals surface area (Å²) in [6.45, 7) is 0.464. The Labute approximate surface area is 204 Å². The average molecular weight is 543 g/mol. The number of aromatic nitrogens is 1. The van der Waals surface area contributed by atoms with Gasteiger partial charge in [0, 0.05) is 16.6 Å². The molecule has 1 aromatic heterocycles. The van der Waals surface area contributed by atoms with E-state index < -0.39 is 9.84 Å². The predicted octanol–water partition coefficient (Wildman–Crippen LogP) is 5.29. The average Bonchev–Trinajstić information content (AvgIpc) is 3.50. The Morgan fingerprint density at radius 3 is 2.47 bits per heavy atom. The van der Waals surface area contributed by atoms with Gasteiger partial charge in [-0.05, 0) is 66.2 Å². The first-order valence-corrected chi connectivity index (χ1v) is 12.5. The van der Waals surface area contributed by atoms with Gasteiger partial charge in [-0.3, -0.25) is 0 Å². The number of fused-ring (bicyclic) bond motifs is 1. The molecule has 0 fully saturated rings. The molecule has 0 atom stereocenters. The van der Waals surface area contributed by atoms with E-state index in [2.05, 4.69) is 26.2 Å². The van der Waals surface area contributed by atoms with E-state index in [0.29, 0.717) is 22.8 Å². The molecule has 0 bridgehead atoms. The molecule has 0 unspecified atom stereocenters. The third kappa shape index (κ3) is 4.34. The summed E-state index contributed by atoms with van der Waals surface area (Å²) < 4.78 is 49.5. The molecular weight excluding hydrogens is 524 g/mol. The number of rotatable bonds is 7. The maximum Gasteiger partial charge on any atom is 0.234 e. The van der Waals surface area contributed by atoms with Crippen molar-refractivity contribution in [2.45, 2.75) is 16.5 Å². The highest BCUT2D eigenvalue weighted by molar-refractivity contribution is 9.10. The first-order valence-electron chi connectivity index (χ1n) is 10.2. The zero-order valence-electron chi connectivity index (χ0n) is 17.9. The molecule has 1 aliphatic rings. The van der Waals surface area contributed by atoms with Gasteiger partial charge in [-0.15, -0.1) is 0 Å². The van der Waals surface area contributed by atoms with Crippen LogP contribution in [0, 0.1) is 0 Å². The van der Waals surface area contributed by atoms with Crippen molar-refractivity contribution in [2.24, 2.45) is 0 Å². The van der Waals surface area contributed by atoms with Gasteiger partial charge in [0.1, 0.15) is 5.75 Å². The second-order valence-electron chi connectivity index (χ2n) is 7.38. The maximum absolute atomic E-state index is 13.4. The van der Waals surface area contributed by atoms with E-state index in [9.17, 15) is 8.42 Å². The molecule has 0 radical (unpaired) electrons. The quantitative estimate of drug-likeness (QED) is 0.336. The maximum atomic E-state index is 13.4. The second-order valence-corrected chi connectivity index (χ2v) is 10.2. The highest BCUT2D eigenvalue weighted by atomic mass is 79.9. The molecule has 0 aliphatic carbocycles. The van der Waals surface area contributed by atoms with Crippen LogP contribution in [0.3, 0.4) is 0 Å². The van der Waals surface area contributed by atoms with Crippen molar-refractivity contribution in [3.05, 3.63) is 76.8 Å². The predicted molar refractivity (Wildman–Crippen MR) is 128 cm³/mol. The van der Waals surface area contributed by atoms with Crippen LogP contribution < -0.4 is 19.5 Å². The number of methoxy groups -OCH3 is 1.